The van der Waals surface area contributed by atoms with E-state index in [1.54, 1.807) is 11.0 Å². The van der Waals surface area contributed by atoms with Crippen LogP contribution in [0.5, 0.6) is 0 Å². The summed E-state index contributed by atoms with van der Waals surface area (Å²) in [6, 6.07) is 0. The molecule has 0 aromatic carbocycles. The van der Waals surface area contributed by atoms with E-state index in [2.05, 4.69) is 22.2 Å². The second kappa shape index (κ2) is 10.0. The molecule has 0 radical (unpaired) electrons. The number of hydrogen-bond donors (Lipinski definition) is 2. The Balaban J connectivity index is 0.00000400. The van der Waals surface area contributed by atoms with Gasteiger partial charge in [0.25, 0.3) is 0 Å². The number of amides is 1. The summed E-state index contributed by atoms with van der Waals surface area (Å²) in [5.74, 6) is 0.962. The van der Waals surface area contributed by atoms with Crippen LogP contribution in [-0.2, 0) is 4.79 Å². The average molecular weight is 408 g/mol. The highest BCUT2D eigenvalue weighted by Crippen LogP contribution is 2.39. The van der Waals surface area contributed by atoms with Crippen LogP contribution in [0.25, 0.3) is 0 Å². The van der Waals surface area contributed by atoms with Crippen molar-refractivity contribution in [2.24, 2.45) is 10.4 Å². The van der Waals surface area contributed by atoms with E-state index >= 15 is 0 Å². The smallest absolute Gasteiger partial charge is 0.230 e. The molecule has 0 aromatic heterocycles. The Morgan fingerprint density at radius 1 is 1.33 bits per heavy atom. The van der Waals surface area contributed by atoms with Gasteiger partial charge in [0.15, 0.2) is 5.96 Å². The van der Waals surface area contributed by atoms with Gasteiger partial charge in [-0.15, -0.1) is 30.6 Å². The van der Waals surface area contributed by atoms with Crippen LogP contribution >= 0.6 is 24.0 Å². The van der Waals surface area contributed by atoms with Crippen LogP contribution in [0.15, 0.2) is 17.6 Å². The molecule has 6 heteroatoms. The first-order chi connectivity index (χ1) is 9.55. The van der Waals surface area contributed by atoms with Crippen molar-refractivity contribution >= 4 is 35.8 Å². The highest BCUT2D eigenvalue weighted by atomic mass is 127. The molecule has 1 rings (SSSR count). The topological polar surface area (TPSA) is 56.7 Å². The first-order valence-electron chi connectivity index (χ1n) is 7.40. The van der Waals surface area contributed by atoms with Crippen molar-refractivity contribution in [2.75, 3.05) is 33.7 Å². The standard InChI is InChI=1S/C15H28N4O.HI/c1-5-11-17-14(16-6-2)18-12-15(9-7-8-10-15)13(20)19(3)4;/h5H,1,6-12H2,2-4H3,(H2,16,17,18);1H. The number of carbonyl (C=O) groups excluding carboxylic acids is 1. The molecule has 2 N–H and O–H groups in total. The van der Waals surface area contributed by atoms with Gasteiger partial charge in [-0.05, 0) is 19.8 Å². The normalized spacial score (nSPS) is 16.8. The molecule has 1 fully saturated rings. The van der Waals surface area contributed by atoms with Gasteiger partial charge >= 0.3 is 0 Å². The minimum Gasteiger partial charge on any atom is -0.357 e. The predicted octanol–water partition coefficient (Wildman–Crippen LogP) is 1.99. The van der Waals surface area contributed by atoms with Crippen LogP contribution in [0.3, 0.4) is 0 Å². The Hall–Kier alpha value is -0.790. The second-order valence-corrected chi connectivity index (χ2v) is 5.55. The van der Waals surface area contributed by atoms with E-state index in [1.807, 2.05) is 21.0 Å². The van der Waals surface area contributed by atoms with Gasteiger partial charge in [-0.25, -0.2) is 0 Å². The van der Waals surface area contributed by atoms with Crippen LogP contribution in [0.2, 0.25) is 0 Å². The third-order valence-corrected chi connectivity index (χ3v) is 3.72. The van der Waals surface area contributed by atoms with Crippen LogP contribution in [0, 0.1) is 5.41 Å². The first-order valence-corrected chi connectivity index (χ1v) is 7.40. The molecular weight excluding hydrogens is 379 g/mol. The lowest BCUT2D eigenvalue weighted by molar-refractivity contribution is -0.138. The molecule has 1 amide bonds. The van der Waals surface area contributed by atoms with Gasteiger partial charge in [-0.1, -0.05) is 18.9 Å². The van der Waals surface area contributed by atoms with E-state index in [0.717, 1.165) is 38.2 Å². The van der Waals surface area contributed by atoms with E-state index in [0.29, 0.717) is 13.1 Å². The van der Waals surface area contributed by atoms with Crippen molar-refractivity contribution in [3.8, 4) is 0 Å². The van der Waals surface area contributed by atoms with E-state index in [9.17, 15) is 4.79 Å². The quantitative estimate of drug-likeness (QED) is 0.306. The molecule has 0 spiro atoms. The molecule has 0 saturated heterocycles. The summed E-state index contributed by atoms with van der Waals surface area (Å²) < 4.78 is 0. The molecule has 122 valence electrons. The summed E-state index contributed by atoms with van der Waals surface area (Å²) in [4.78, 5) is 18.8. The number of halogens is 1. The van der Waals surface area contributed by atoms with E-state index in [4.69, 9.17) is 0 Å². The zero-order valence-electron chi connectivity index (χ0n) is 13.4. The molecule has 0 unspecified atom stereocenters. The van der Waals surface area contributed by atoms with E-state index in [-0.39, 0.29) is 35.3 Å². The fraction of sp³-hybridized carbons (Fsp3) is 0.733. The molecule has 1 aliphatic carbocycles. The van der Waals surface area contributed by atoms with Crippen LogP contribution < -0.4 is 10.6 Å². The number of nitrogens with one attached hydrogen (secondary N) is 2. The lowest BCUT2D eigenvalue weighted by Gasteiger charge is -2.29. The zero-order chi connectivity index (χ0) is 15.0. The molecule has 0 atom stereocenters. The van der Waals surface area contributed by atoms with E-state index in [1.165, 1.54) is 0 Å². The highest BCUT2D eigenvalue weighted by Gasteiger charge is 2.41. The van der Waals surface area contributed by atoms with Gasteiger partial charge in [-0.2, -0.15) is 0 Å². The van der Waals surface area contributed by atoms with Crippen molar-refractivity contribution in [1.82, 2.24) is 15.5 Å². The molecule has 0 bridgehead atoms. The molecular formula is C15H29IN4O. The van der Waals surface area contributed by atoms with Crippen molar-refractivity contribution in [3.05, 3.63) is 12.7 Å². The van der Waals surface area contributed by atoms with Crippen LogP contribution in [-0.4, -0.2) is 50.5 Å². The number of rotatable bonds is 6. The number of hydrogen-bond acceptors (Lipinski definition) is 2. The predicted molar refractivity (Wildman–Crippen MR) is 99.2 cm³/mol. The average Bonchev–Trinajstić information content (AvgIpc) is 2.91. The van der Waals surface area contributed by atoms with Crippen LogP contribution in [0.4, 0.5) is 0 Å². The number of aliphatic imine (C=N–C) groups is 1. The van der Waals surface area contributed by atoms with Crippen LogP contribution in [0.1, 0.15) is 32.6 Å². The fourth-order valence-corrected chi connectivity index (χ4v) is 2.71. The second-order valence-electron chi connectivity index (χ2n) is 5.55. The van der Waals surface area contributed by atoms with Crippen molar-refractivity contribution in [2.45, 2.75) is 32.6 Å². The Labute approximate surface area is 145 Å². The summed E-state index contributed by atoms with van der Waals surface area (Å²) in [6.45, 7) is 7.74. The minimum absolute atomic E-state index is 0. The monoisotopic (exact) mass is 408 g/mol. The third-order valence-electron chi connectivity index (χ3n) is 3.72. The minimum atomic E-state index is -0.306. The number of guanidine groups is 1. The summed E-state index contributed by atoms with van der Waals surface area (Å²) in [5, 5.41) is 6.37. The summed E-state index contributed by atoms with van der Waals surface area (Å²) in [5.41, 5.74) is -0.306. The SMILES string of the molecule is C=CCNC(=NCC1(C(=O)N(C)C)CCCC1)NCC.I. The van der Waals surface area contributed by atoms with Gasteiger partial charge in [0.1, 0.15) is 0 Å². The molecule has 0 aromatic rings. The van der Waals surface area contributed by atoms with E-state index < -0.39 is 0 Å². The lowest BCUT2D eigenvalue weighted by Crippen LogP contribution is -2.43. The van der Waals surface area contributed by atoms with Gasteiger partial charge in [-0.3, -0.25) is 9.79 Å². The summed E-state index contributed by atoms with van der Waals surface area (Å²) >= 11 is 0. The van der Waals surface area contributed by atoms with Crippen molar-refractivity contribution in [3.63, 3.8) is 0 Å². The Morgan fingerprint density at radius 3 is 2.43 bits per heavy atom. The molecule has 5 nitrogen and oxygen atoms in total. The lowest BCUT2D eigenvalue weighted by atomic mass is 9.85. The van der Waals surface area contributed by atoms with Gasteiger partial charge in [0.2, 0.25) is 5.91 Å². The maximum Gasteiger partial charge on any atom is 0.230 e. The molecule has 1 aliphatic rings. The molecule has 0 heterocycles. The van der Waals surface area contributed by atoms with Gasteiger partial charge in [0, 0.05) is 27.2 Å². The first kappa shape index (κ1) is 20.2. The summed E-state index contributed by atoms with van der Waals surface area (Å²) in [7, 11) is 3.65. The number of nitrogens with zero attached hydrogens (tertiary/aromatic N) is 2. The highest BCUT2D eigenvalue weighted by molar-refractivity contribution is 14.0. The molecule has 1 saturated carbocycles. The number of carbonyl (C=O) groups is 1. The summed E-state index contributed by atoms with van der Waals surface area (Å²) in [6.07, 6.45) is 5.91. The Kier molecular flexibility index (Phi) is 9.65. The molecule has 0 aliphatic heterocycles. The maximum atomic E-state index is 12.5. The fourth-order valence-electron chi connectivity index (χ4n) is 2.71. The molecule has 21 heavy (non-hydrogen) atoms. The van der Waals surface area contributed by atoms with Crippen molar-refractivity contribution < 1.29 is 4.79 Å². The van der Waals surface area contributed by atoms with Gasteiger partial charge < -0.3 is 15.5 Å². The Morgan fingerprint density at radius 2 is 1.95 bits per heavy atom. The largest absolute Gasteiger partial charge is 0.357 e. The maximum absolute atomic E-state index is 12.5. The van der Waals surface area contributed by atoms with Gasteiger partial charge in [0.05, 0.1) is 12.0 Å². The third kappa shape index (κ3) is 5.84. The zero-order valence-corrected chi connectivity index (χ0v) is 15.8. The van der Waals surface area contributed by atoms with Crippen molar-refractivity contribution in [1.29, 1.82) is 0 Å². The Bertz CT molecular complexity index is 363.